The van der Waals surface area contributed by atoms with Gasteiger partial charge in [0, 0.05) is 23.3 Å². The number of thiophene rings is 1. The zero-order valence-electron chi connectivity index (χ0n) is 10.2. The lowest BCUT2D eigenvalue weighted by Gasteiger charge is -2.14. The molecule has 0 bridgehead atoms. The Labute approximate surface area is 110 Å². The van der Waals surface area contributed by atoms with Gasteiger partial charge in [-0.2, -0.15) is 5.10 Å². The highest BCUT2D eigenvalue weighted by atomic mass is 32.1. The number of hydrogen-bond donors (Lipinski definition) is 2. The molecule has 2 amide bonds. The van der Waals surface area contributed by atoms with Crippen LogP contribution in [0.25, 0.3) is 0 Å². The third kappa shape index (κ3) is 3.89. The number of nitrogens with one attached hydrogen (secondary N) is 2. The Bertz CT molecular complexity index is 466. The summed E-state index contributed by atoms with van der Waals surface area (Å²) < 4.78 is 1.80. The molecule has 0 fully saturated rings. The van der Waals surface area contributed by atoms with Crippen molar-refractivity contribution >= 4 is 17.4 Å². The molecule has 96 valence electrons. The van der Waals surface area contributed by atoms with Gasteiger partial charge in [0.05, 0.1) is 13.1 Å². The van der Waals surface area contributed by atoms with Gasteiger partial charge in [0.25, 0.3) is 0 Å². The van der Waals surface area contributed by atoms with E-state index in [0.717, 1.165) is 4.88 Å². The van der Waals surface area contributed by atoms with Crippen LogP contribution in [0.3, 0.4) is 0 Å². The predicted octanol–water partition coefficient (Wildman–Crippen LogP) is 1.83. The van der Waals surface area contributed by atoms with E-state index < -0.39 is 0 Å². The Hall–Kier alpha value is -1.82. The summed E-state index contributed by atoms with van der Waals surface area (Å²) in [6.45, 7) is 3.18. The smallest absolute Gasteiger partial charge is 0.315 e. The van der Waals surface area contributed by atoms with Crippen molar-refractivity contribution in [1.29, 1.82) is 0 Å². The molecule has 0 aliphatic rings. The normalized spacial score (nSPS) is 12.1. The SMILES string of the molecule is C[C@H](Cn1cccn1)NC(=O)NCc1cccs1. The Balaban J connectivity index is 1.70. The molecule has 0 unspecified atom stereocenters. The average Bonchev–Trinajstić information content (AvgIpc) is 2.98. The first-order valence-corrected chi connectivity index (χ1v) is 6.66. The molecule has 5 nitrogen and oxygen atoms in total. The van der Waals surface area contributed by atoms with E-state index in [9.17, 15) is 4.79 Å². The van der Waals surface area contributed by atoms with Crippen LogP contribution < -0.4 is 10.6 Å². The van der Waals surface area contributed by atoms with Crippen LogP contribution in [-0.2, 0) is 13.1 Å². The standard InChI is InChI=1S/C12H16N4OS/c1-10(9-16-6-3-5-14-16)15-12(17)13-8-11-4-2-7-18-11/h2-7,10H,8-9H2,1H3,(H2,13,15,17)/t10-/m1/s1. The first-order valence-electron chi connectivity index (χ1n) is 5.78. The predicted molar refractivity (Wildman–Crippen MR) is 71.4 cm³/mol. The fourth-order valence-electron chi connectivity index (χ4n) is 1.59. The van der Waals surface area contributed by atoms with Gasteiger partial charge in [0.2, 0.25) is 0 Å². The summed E-state index contributed by atoms with van der Waals surface area (Å²) in [6.07, 6.45) is 3.60. The van der Waals surface area contributed by atoms with Crippen LogP contribution in [0.15, 0.2) is 36.0 Å². The Morgan fingerprint density at radius 1 is 1.56 bits per heavy atom. The van der Waals surface area contributed by atoms with E-state index in [1.165, 1.54) is 0 Å². The first-order chi connectivity index (χ1) is 8.74. The third-order valence-electron chi connectivity index (χ3n) is 2.40. The zero-order chi connectivity index (χ0) is 12.8. The minimum atomic E-state index is -0.150. The van der Waals surface area contributed by atoms with Crippen LogP contribution in [0.1, 0.15) is 11.8 Å². The number of carbonyl (C=O) groups excluding carboxylic acids is 1. The number of hydrogen-bond acceptors (Lipinski definition) is 3. The third-order valence-corrected chi connectivity index (χ3v) is 3.28. The number of amides is 2. The Morgan fingerprint density at radius 2 is 2.44 bits per heavy atom. The lowest BCUT2D eigenvalue weighted by atomic mass is 10.3. The summed E-state index contributed by atoms with van der Waals surface area (Å²) in [6, 6.07) is 5.72. The second-order valence-corrected chi connectivity index (χ2v) is 5.07. The van der Waals surface area contributed by atoms with Gasteiger partial charge in [0.15, 0.2) is 0 Å². The molecular weight excluding hydrogens is 248 g/mol. The van der Waals surface area contributed by atoms with Crippen molar-refractivity contribution < 1.29 is 4.79 Å². The molecule has 2 rings (SSSR count). The molecule has 0 saturated heterocycles. The molecular formula is C12H16N4OS. The minimum absolute atomic E-state index is 0.0354. The van der Waals surface area contributed by atoms with Gasteiger partial charge in [-0.3, -0.25) is 4.68 Å². The highest BCUT2D eigenvalue weighted by Crippen LogP contribution is 2.07. The van der Waals surface area contributed by atoms with Crippen LogP contribution in [-0.4, -0.2) is 21.9 Å². The van der Waals surface area contributed by atoms with E-state index in [0.29, 0.717) is 13.1 Å². The topological polar surface area (TPSA) is 59.0 Å². The maximum Gasteiger partial charge on any atom is 0.315 e. The summed E-state index contributed by atoms with van der Waals surface area (Å²) in [5.74, 6) is 0. The van der Waals surface area contributed by atoms with Crippen molar-refractivity contribution in [3.05, 3.63) is 40.8 Å². The second-order valence-electron chi connectivity index (χ2n) is 4.04. The molecule has 0 spiro atoms. The molecule has 1 atom stereocenters. The fourth-order valence-corrected chi connectivity index (χ4v) is 2.23. The quantitative estimate of drug-likeness (QED) is 0.865. The Kier molecular flexibility index (Phi) is 4.35. The summed E-state index contributed by atoms with van der Waals surface area (Å²) in [4.78, 5) is 12.8. The van der Waals surface area contributed by atoms with Crippen LogP contribution >= 0.6 is 11.3 Å². The van der Waals surface area contributed by atoms with E-state index in [2.05, 4.69) is 15.7 Å². The van der Waals surface area contributed by atoms with Crippen LogP contribution in [0.4, 0.5) is 4.79 Å². The average molecular weight is 264 g/mol. The molecule has 0 radical (unpaired) electrons. The van der Waals surface area contributed by atoms with E-state index in [-0.39, 0.29) is 12.1 Å². The summed E-state index contributed by atoms with van der Waals surface area (Å²) in [5.41, 5.74) is 0. The number of carbonyl (C=O) groups is 1. The van der Waals surface area contributed by atoms with Gasteiger partial charge >= 0.3 is 6.03 Å². The molecule has 18 heavy (non-hydrogen) atoms. The first kappa shape index (κ1) is 12.6. The number of aromatic nitrogens is 2. The molecule has 6 heteroatoms. The van der Waals surface area contributed by atoms with Gasteiger partial charge < -0.3 is 10.6 Å². The highest BCUT2D eigenvalue weighted by Gasteiger charge is 2.07. The second kappa shape index (κ2) is 6.20. The van der Waals surface area contributed by atoms with Crippen molar-refractivity contribution in [2.75, 3.05) is 0 Å². The molecule has 2 aromatic heterocycles. The molecule has 2 N–H and O–H groups in total. The van der Waals surface area contributed by atoms with Gasteiger partial charge in [-0.25, -0.2) is 4.79 Å². The van der Waals surface area contributed by atoms with Crippen molar-refractivity contribution in [3.8, 4) is 0 Å². The van der Waals surface area contributed by atoms with Crippen molar-refractivity contribution in [1.82, 2.24) is 20.4 Å². The maximum absolute atomic E-state index is 11.6. The van der Waals surface area contributed by atoms with Gasteiger partial charge in [-0.15, -0.1) is 11.3 Å². The van der Waals surface area contributed by atoms with Crippen molar-refractivity contribution in [3.63, 3.8) is 0 Å². The number of nitrogens with zero attached hydrogens (tertiary/aromatic N) is 2. The fraction of sp³-hybridized carbons (Fsp3) is 0.333. The number of urea groups is 1. The molecule has 0 saturated carbocycles. The highest BCUT2D eigenvalue weighted by molar-refractivity contribution is 7.09. The van der Waals surface area contributed by atoms with Crippen LogP contribution in [0.5, 0.6) is 0 Å². The van der Waals surface area contributed by atoms with Crippen molar-refractivity contribution in [2.24, 2.45) is 0 Å². The van der Waals surface area contributed by atoms with E-state index in [1.54, 1.807) is 22.2 Å². The molecule has 2 heterocycles. The van der Waals surface area contributed by atoms with Crippen molar-refractivity contribution in [2.45, 2.75) is 26.1 Å². The number of rotatable bonds is 5. The molecule has 2 aromatic rings. The monoisotopic (exact) mass is 264 g/mol. The van der Waals surface area contributed by atoms with Gasteiger partial charge in [-0.1, -0.05) is 6.07 Å². The molecule has 0 aromatic carbocycles. The minimum Gasteiger partial charge on any atom is -0.334 e. The molecule has 0 aliphatic carbocycles. The van der Waals surface area contributed by atoms with Gasteiger partial charge in [-0.05, 0) is 24.4 Å². The lowest BCUT2D eigenvalue weighted by Crippen LogP contribution is -2.42. The van der Waals surface area contributed by atoms with E-state index >= 15 is 0 Å². The van der Waals surface area contributed by atoms with E-state index in [1.807, 2.05) is 36.7 Å². The largest absolute Gasteiger partial charge is 0.334 e. The summed E-state index contributed by atoms with van der Waals surface area (Å²) in [7, 11) is 0. The summed E-state index contributed by atoms with van der Waals surface area (Å²) >= 11 is 1.63. The van der Waals surface area contributed by atoms with Crippen LogP contribution in [0, 0.1) is 0 Å². The molecule has 0 aliphatic heterocycles. The zero-order valence-corrected chi connectivity index (χ0v) is 11.0. The lowest BCUT2D eigenvalue weighted by molar-refractivity contribution is 0.236. The van der Waals surface area contributed by atoms with Gasteiger partial charge in [0.1, 0.15) is 0 Å². The summed E-state index contributed by atoms with van der Waals surface area (Å²) in [5, 5.41) is 11.8. The van der Waals surface area contributed by atoms with E-state index in [4.69, 9.17) is 0 Å². The maximum atomic E-state index is 11.6. The Morgan fingerprint density at radius 3 is 3.11 bits per heavy atom. The van der Waals surface area contributed by atoms with Crippen LogP contribution in [0.2, 0.25) is 0 Å².